The van der Waals surface area contributed by atoms with Gasteiger partial charge in [-0.25, -0.2) is 0 Å². The van der Waals surface area contributed by atoms with Crippen molar-refractivity contribution in [2.75, 3.05) is 0 Å². The summed E-state index contributed by atoms with van der Waals surface area (Å²) in [6, 6.07) is 9.08. The molecule has 21 heavy (non-hydrogen) atoms. The summed E-state index contributed by atoms with van der Waals surface area (Å²) in [6.07, 6.45) is 7.10. The maximum Gasteiger partial charge on any atom is 0.0758 e. The summed E-state index contributed by atoms with van der Waals surface area (Å²) >= 11 is 3.61. The fraction of sp³-hybridized carbons (Fsp3) is 0.500. The second-order valence-corrected chi connectivity index (χ2v) is 7.78. The number of halogens is 1. The van der Waals surface area contributed by atoms with Gasteiger partial charge >= 0.3 is 0 Å². The van der Waals surface area contributed by atoms with Crippen LogP contribution in [0.15, 0.2) is 34.9 Å². The number of benzene rings is 1. The fourth-order valence-corrected chi connectivity index (χ4v) is 3.65. The molecule has 1 aromatic carbocycles. The summed E-state index contributed by atoms with van der Waals surface area (Å²) in [4.78, 5) is 4.56. The monoisotopic (exact) mass is 346 g/mol. The zero-order valence-electron chi connectivity index (χ0n) is 12.8. The molecule has 1 aliphatic rings. The van der Waals surface area contributed by atoms with Gasteiger partial charge in [-0.1, -0.05) is 41.9 Å². The number of rotatable bonds is 3. The number of pyridine rings is 1. The van der Waals surface area contributed by atoms with Crippen molar-refractivity contribution < 1.29 is 0 Å². The zero-order valence-corrected chi connectivity index (χ0v) is 14.4. The van der Waals surface area contributed by atoms with Gasteiger partial charge in [-0.15, -0.1) is 0 Å². The average Bonchev–Trinajstić information content (AvgIpc) is 2.48. The molecule has 1 aliphatic carbocycles. The molecule has 3 heteroatoms. The first-order valence-electron chi connectivity index (χ1n) is 7.81. The molecule has 0 radical (unpaired) electrons. The summed E-state index contributed by atoms with van der Waals surface area (Å²) < 4.78 is 1.12. The summed E-state index contributed by atoms with van der Waals surface area (Å²) in [5.74, 6) is 0. The molecule has 112 valence electrons. The van der Waals surface area contributed by atoms with E-state index < -0.39 is 0 Å². The van der Waals surface area contributed by atoms with Gasteiger partial charge in [0, 0.05) is 28.6 Å². The minimum Gasteiger partial charge on any atom is -0.310 e. The van der Waals surface area contributed by atoms with Gasteiger partial charge in [0.1, 0.15) is 0 Å². The molecule has 0 unspecified atom stereocenters. The summed E-state index contributed by atoms with van der Waals surface area (Å²) in [5, 5.41) is 4.93. The van der Waals surface area contributed by atoms with Crippen LogP contribution in [-0.4, -0.2) is 11.0 Å². The summed E-state index contributed by atoms with van der Waals surface area (Å²) in [6.45, 7) is 5.68. The fourth-order valence-electron chi connectivity index (χ4n) is 3.20. The number of aromatic nitrogens is 1. The van der Waals surface area contributed by atoms with Gasteiger partial charge in [-0.05, 0) is 48.8 Å². The van der Waals surface area contributed by atoms with Crippen molar-refractivity contribution in [2.24, 2.45) is 5.41 Å². The van der Waals surface area contributed by atoms with Gasteiger partial charge in [0.2, 0.25) is 0 Å². The lowest BCUT2D eigenvalue weighted by Gasteiger charge is -2.34. The Morgan fingerprint density at radius 2 is 2.00 bits per heavy atom. The first kappa shape index (κ1) is 15.0. The maximum atomic E-state index is 4.56. The van der Waals surface area contributed by atoms with E-state index in [0.29, 0.717) is 11.5 Å². The molecule has 1 saturated carbocycles. The van der Waals surface area contributed by atoms with Crippen LogP contribution in [0.25, 0.3) is 10.9 Å². The standard InChI is InChI=1S/C18H23BrN2/c1-18(2)9-7-14(8-10-18)21-12-13-5-6-16(19)15-4-3-11-20-17(13)15/h3-6,11,14,21H,7-10,12H2,1-2H3. The largest absolute Gasteiger partial charge is 0.310 e. The van der Waals surface area contributed by atoms with Crippen LogP contribution >= 0.6 is 15.9 Å². The van der Waals surface area contributed by atoms with Gasteiger partial charge in [0.15, 0.2) is 0 Å². The summed E-state index contributed by atoms with van der Waals surface area (Å²) in [7, 11) is 0. The van der Waals surface area contributed by atoms with Crippen molar-refractivity contribution in [1.29, 1.82) is 0 Å². The zero-order chi connectivity index (χ0) is 14.9. The Bertz CT molecular complexity index is 626. The second-order valence-electron chi connectivity index (χ2n) is 6.93. The Labute approximate surface area is 135 Å². The number of hydrogen-bond acceptors (Lipinski definition) is 2. The third-order valence-corrected chi connectivity index (χ3v) is 5.41. The molecule has 0 bridgehead atoms. The molecule has 2 nitrogen and oxygen atoms in total. The van der Waals surface area contributed by atoms with E-state index in [4.69, 9.17) is 0 Å². The van der Waals surface area contributed by atoms with Crippen molar-refractivity contribution in [3.8, 4) is 0 Å². The molecule has 1 fully saturated rings. The van der Waals surface area contributed by atoms with Crippen molar-refractivity contribution >= 4 is 26.8 Å². The van der Waals surface area contributed by atoms with Gasteiger partial charge in [-0.3, -0.25) is 4.98 Å². The number of nitrogens with zero attached hydrogens (tertiary/aromatic N) is 1. The van der Waals surface area contributed by atoms with Crippen LogP contribution in [0, 0.1) is 5.41 Å². The molecule has 1 heterocycles. The van der Waals surface area contributed by atoms with Crippen LogP contribution < -0.4 is 5.32 Å². The van der Waals surface area contributed by atoms with E-state index in [1.807, 2.05) is 12.3 Å². The lowest BCUT2D eigenvalue weighted by molar-refractivity contribution is 0.206. The number of nitrogens with one attached hydrogen (secondary N) is 1. The van der Waals surface area contributed by atoms with Crippen molar-refractivity contribution in [3.05, 3.63) is 40.5 Å². The third kappa shape index (κ3) is 3.46. The van der Waals surface area contributed by atoms with Crippen LogP contribution in [0.5, 0.6) is 0 Å². The van der Waals surface area contributed by atoms with E-state index in [2.05, 4.69) is 58.3 Å². The first-order chi connectivity index (χ1) is 10.1. The predicted molar refractivity (Wildman–Crippen MR) is 92.3 cm³/mol. The lowest BCUT2D eigenvalue weighted by atomic mass is 9.75. The van der Waals surface area contributed by atoms with Crippen molar-refractivity contribution in [1.82, 2.24) is 10.3 Å². The Hall–Kier alpha value is -0.930. The molecule has 0 atom stereocenters. The maximum absolute atomic E-state index is 4.56. The van der Waals surface area contributed by atoms with Crippen LogP contribution in [-0.2, 0) is 6.54 Å². The van der Waals surface area contributed by atoms with Crippen molar-refractivity contribution in [2.45, 2.75) is 52.1 Å². The van der Waals surface area contributed by atoms with Crippen LogP contribution in [0.4, 0.5) is 0 Å². The summed E-state index contributed by atoms with van der Waals surface area (Å²) in [5.41, 5.74) is 2.93. The van der Waals surface area contributed by atoms with E-state index in [-0.39, 0.29) is 0 Å². The Morgan fingerprint density at radius 1 is 1.24 bits per heavy atom. The molecule has 1 aromatic heterocycles. The highest BCUT2D eigenvalue weighted by Crippen LogP contribution is 2.35. The van der Waals surface area contributed by atoms with E-state index in [1.165, 1.54) is 36.6 Å². The number of hydrogen-bond donors (Lipinski definition) is 1. The third-order valence-electron chi connectivity index (χ3n) is 4.72. The Balaban J connectivity index is 1.70. The first-order valence-corrected chi connectivity index (χ1v) is 8.60. The van der Waals surface area contributed by atoms with E-state index in [1.54, 1.807) is 0 Å². The highest BCUT2D eigenvalue weighted by Gasteiger charge is 2.26. The van der Waals surface area contributed by atoms with Gasteiger partial charge in [0.05, 0.1) is 5.52 Å². The topological polar surface area (TPSA) is 24.9 Å². The van der Waals surface area contributed by atoms with Crippen LogP contribution in [0.3, 0.4) is 0 Å². The normalized spacial score (nSPS) is 19.0. The quantitative estimate of drug-likeness (QED) is 0.840. The van der Waals surface area contributed by atoms with E-state index in [0.717, 1.165) is 16.5 Å². The van der Waals surface area contributed by atoms with Gasteiger partial charge in [-0.2, -0.15) is 0 Å². The van der Waals surface area contributed by atoms with Crippen molar-refractivity contribution in [3.63, 3.8) is 0 Å². The van der Waals surface area contributed by atoms with E-state index in [9.17, 15) is 0 Å². The molecular formula is C18H23BrN2. The minimum absolute atomic E-state index is 0.532. The molecule has 0 aliphatic heterocycles. The van der Waals surface area contributed by atoms with Gasteiger partial charge < -0.3 is 5.32 Å². The average molecular weight is 347 g/mol. The molecule has 3 rings (SSSR count). The van der Waals surface area contributed by atoms with E-state index >= 15 is 0 Å². The lowest BCUT2D eigenvalue weighted by Crippen LogP contribution is -2.35. The number of fused-ring (bicyclic) bond motifs is 1. The highest BCUT2D eigenvalue weighted by atomic mass is 79.9. The predicted octanol–water partition coefficient (Wildman–Crippen LogP) is 5.06. The molecule has 0 saturated heterocycles. The minimum atomic E-state index is 0.532. The Morgan fingerprint density at radius 3 is 2.76 bits per heavy atom. The van der Waals surface area contributed by atoms with Gasteiger partial charge in [0.25, 0.3) is 0 Å². The molecule has 2 aromatic rings. The molecule has 1 N–H and O–H groups in total. The smallest absolute Gasteiger partial charge is 0.0758 e. The second kappa shape index (κ2) is 6.05. The van der Waals surface area contributed by atoms with Crippen LogP contribution in [0.1, 0.15) is 45.1 Å². The van der Waals surface area contributed by atoms with Crippen LogP contribution in [0.2, 0.25) is 0 Å². The highest BCUT2D eigenvalue weighted by molar-refractivity contribution is 9.10. The SMILES string of the molecule is CC1(C)CCC(NCc2ccc(Br)c3cccnc23)CC1. The Kier molecular flexibility index (Phi) is 4.32. The molecule has 0 spiro atoms. The molecule has 0 amide bonds. The molecular weight excluding hydrogens is 324 g/mol.